The van der Waals surface area contributed by atoms with Gasteiger partial charge in [0.1, 0.15) is 5.76 Å². The zero-order valence-electron chi connectivity index (χ0n) is 16.8. The average molecular weight is 360 g/mol. The highest BCUT2D eigenvalue weighted by molar-refractivity contribution is 5.52. The molecule has 1 aliphatic carbocycles. The number of hydrogen-bond acceptors (Lipinski definition) is 2. The zero-order chi connectivity index (χ0) is 19.2. The van der Waals surface area contributed by atoms with E-state index in [1.165, 1.54) is 33.4 Å². The van der Waals surface area contributed by atoms with Crippen molar-refractivity contribution in [1.82, 2.24) is 0 Å². The van der Waals surface area contributed by atoms with Crippen molar-refractivity contribution in [3.63, 3.8) is 0 Å². The quantitative estimate of drug-likeness (QED) is 0.808. The molecule has 0 fully saturated rings. The van der Waals surface area contributed by atoms with Gasteiger partial charge in [0.25, 0.3) is 0 Å². The molecule has 2 heteroatoms. The molecule has 140 valence electrons. The van der Waals surface area contributed by atoms with Gasteiger partial charge in [0.15, 0.2) is 0 Å². The lowest BCUT2D eigenvalue weighted by molar-refractivity contribution is 0.240. The molecule has 4 rings (SSSR count). The van der Waals surface area contributed by atoms with Crippen molar-refractivity contribution in [1.29, 1.82) is 0 Å². The number of benzene rings is 2. The topological polar surface area (TPSA) is 35.2 Å². The summed E-state index contributed by atoms with van der Waals surface area (Å²) in [6.45, 7) is 9.47. The third kappa shape index (κ3) is 2.93. The maximum absolute atomic E-state index is 7.14. The highest BCUT2D eigenvalue weighted by atomic mass is 16.5. The molecule has 2 aliphatic rings. The Morgan fingerprint density at radius 1 is 1.00 bits per heavy atom. The van der Waals surface area contributed by atoms with Crippen LogP contribution in [0.1, 0.15) is 43.4 Å². The Labute approximate surface area is 162 Å². The van der Waals surface area contributed by atoms with Gasteiger partial charge in [-0.25, -0.2) is 0 Å². The first-order chi connectivity index (χ1) is 12.9. The Morgan fingerprint density at radius 3 is 2.33 bits per heavy atom. The number of aryl methyl sites for hydroxylation is 1. The summed E-state index contributed by atoms with van der Waals surface area (Å²) in [7, 11) is 0. The summed E-state index contributed by atoms with van der Waals surface area (Å²) >= 11 is 0. The summed E-state index contributed by atoms with van der Waals surface area (Å²) in [6, 6.07) is 19.5. The van der Waals surface area contributed by atoms with Gasteiger partial charge >= 0.3 is 0 Å². The normalized spacial score (nSPS) is 27.6. The van der Waals surface area contributed by atoms with E-state index < -0.39 is 0 Å². The molecular weight excluding hydrogens is 330 g/mol. The standard InChI is InChI=1S/C25H29NO/c1-16-10-12-21(13-11-16)22-15-27-24-17(2)18(3)25(26,19(4)23(22)24)14-20-8-6-5-7-9-20/h5-13,19,22H,14-15,26H2,1-4H3. The van der Waals surface area contributed by atoms with Crippen molar-refractivity contribution in [3.05, 3.63) is 93.8 Å². The van der Waals surface area contributed by atoms with E-state index in [2.05, 4.69) is 82.3 Å². The number of nitrogens with two attached hydrogens (primary N) is 1. The first kappa shape index (κ1) is 18.1. The minimum Gasteiger partial charge on any atom is -0.492 e. The van der Waals surface area contributed by atoms with Crippen molar-refractivity contribution in [2.45, 2.75) is 45.6 Å². The van der Waals surface area contributed by atoms with Crippen LogP contribution < -0.4 is 5.73 Å². The maximum Gasteiger partial charge on any atom is 0.122 e. The third-order valence-corrected chi connectivity index (χ3v) is 6.69. The molecule has 2 aromatic rings. The molecule has 27 heavy (non-hydrogen) atoms. The van der Waals surface area contributed by atoms with Gasteiger partial charge in [0.2, 0.25) is 0 Å². The predicted octanol–water partition coefficient (Wildman–Crippen LogP) is 5.29. The molecule has 2 nitrogen and oxygen atoms in total. The van der Waals surface area contributed by atoms with Crippen LogP contribution in [0.5, 0.6) is 0 Å². The van der Waals surface area contributed by atoms with Crippen LogP contribution in [0.25, 0.3) is 0 Å². The Hall–Kier alpha value is -2.32. The van der Waals surface area contributed by atoms with Crippen LogP contribution in [-0.2, 0) is 11.2 Å². The average Bonchev–Trinajstić information content (AvgIpc) is 3.11. The van der Waals surface area contributed by atoms with Crippen molar-refractivity contribution in [2.75, 3.05) is 6.61 Å². The molecule has 0 spiro atoms. The van der Waals surface area contributed by atoms with Crippen molar-refractivity contribution >= 4 is 0 Å². The Balaban J connectivity index is 1.76. The number of ether oxygens (including phenoxy) is 1. The van der Waals surface area contributed by atoms with Crippen LogP contribution in [0.4, 0.5) is 0 Å². The zero-order valence-corrected chi connectivity index (χ0v) is 16.8. The van der Waals surface area contributed by atoms with E-state index in [0.717, 1.165) is 12.2 Å². The molecule has 2 N–H and O–H groups in total. The molecule has 0 radical (unpaired) electrons. The Morgan fingerprint density at radius 2 is 1.67 bits per heavy atom. The fourth-order valence-corrected chi connectivity index (χ4v) is 4.74. The van der Waals surface area contributed by atoms with Gasteiger partial charge in [0.05, 0.1) is 6.61 Å². The smallest absolute Gasteiger partial charge is 0.122 e. The molecule has 0 bridgehead atoms. The third-order valence-electron chi connectivity index (χ3n) is 6.69. The van der Waals surface area contributed by atoms with Gasteiger partial charge in [-0.15, -0.1) is 0 Å². The van der Waals surface area contributed by atoms with Crippen LogP contribution in [0.2, 0.25) is 0 Å². The van der Waals surface area contributed by atoms with E-state index in [9.17, 15) is 0 Å². The number of hydrogen-bond donors (Lipinski definition) is 1. The molecule has 0 saturated heterocycles. The fourth-order valence-electron chi connectivity index (χ4n) is 4.74. The molecule has 1 aliphatic heterocycles. The molecule has 2 aromatic carbocycles. The van der Waals surface area contributed by atoms with E-state index in [-0.39, 0.29) is 17.4 Å². The summed E-state index contributed by atoms with van der Waals surface area (Å²) in [6.07, 6.45) is 0.843. The molecule has 0 saturated carbocycles. The molecule has 0 aromatic heterocycles. The van der Waals surface area contributed by atoms with Gasteiger partial charge in [-0.1, -0.05) is 67.1 Å². The van der Waals surface area contributed by atoms with Crippen LogP contribution in [0.15, 0.2) is 77.1 Å². The second-order valence-corrected chi connectivity index (χ2v) is 8.23. The SMILES string of the molecule is CC1=C(C)C(N)(Cc2ccccc2)C(C)C2=C1OCC2c1ccc(C)cc1. The molecule has 3 unspecified atom stereocenters. The Kier molecular flexibility index (Phi) is 4.47. The molecule has 3 atom stereocenters. The van der Waals surface area contributed by atoms with Crippen LogP contribution in [0, 0.1) is 12.8 Å². The van der Waals surface area contributed by atoms with E-state index >= 15 is 0 Å². The maximum atomic E-state index is 7.14. The first-order valence-electron chi connectivity index (χ1n) is 9.86. The lowest BCUT2D eigenvalue weighted by atomic mass is 9.65. The van der Waals surface area contributed by atoms with E-state index in [0.29, 0.717) is 6.61 Å². The largest absolute Gasteiger partial charge is 0.492 e. The highest BCUT2D eigenvalue weighted by Gasteiger charge is 2.47. The monoisotopic (exact) mass is 359 g/mol. The van der Waals surface area contributed by atoms with E-state index in [1.807, 2.05) is 0 Å². The van der Waals surface area contributed by atoms with Gasteiger partial charge < -0.3 is 10.5 Å². The summed E-state index contributed by atoms with van der Waals surface area (Å²) < 4.78 is 6.22. The van der Waals surface area contributed by atoms with Crippen LogP contribution in [-0.4, -0.2) is 12.1 Å². The second kappa shape index (κ2) is 6.69. The summed E-state index contributed by atoms with van der Waals surface area (Å²) in [5.41, 5.74) is 14.5. The number of allylic oxidation sites excluding steroid dienone is 1. The Bertz CT molecular complexity index is 907. The van der Waals surface area contributed by atoms with Gasteiger partial charge in [-0.2, -0.15) is 0 Å². The van der Waals surface area contributed by atoms with Crippen LogP contribution >= 0.6 is 0 Å². The van der Waals surface area contributed by atoms with Gasteiger partial charge in [-0.05, 0) is 55.0 Å². The summed E-state index contributed by atoms with van der Waals surface area (Å²) in [5.74, 6) is 1.60. The fraction of sp³-hybridized carbons (Fsp3) is 0.360. The number of rotatable bonds is 3. The minimum absolute atomic E-state index is 0.227. The lowest BCUT2D eigenvalue weighted by Gasteiger charge is -2.43. The lowest BCUT2D eigenvalue weighted by Crippen LogP contribution is -2.52. The predicted molar refractivity (Wildman–Crippen MR) is 112 cm³/mol. The van der Waals surface area contributed by atoms with E-state index in [4.69, 9.17) is 10.5 Å². The van der Waals surface area contributed by atoms with Gasteiger partial charge in [0, 0.05) is 17.4 Å². The molecule has 0 amide bonds. The van der Waals surface area contributed by atoms with Crippen molar-refractivity contribution in [2.24, 2.45) is 11.7 Å². The minimum atomic E-state index is -0.388. The van der Waals surface area contributed by atoms with Crippen molar-refractivity contribution < 1.29 is 4.74 Å². The highest BCUT2D eigenvalue weighted by Crippen LogP contribution is 2.50. The molecule has 1 heterocycles. The van der Waals surface area contributed by atoms with Crippen molar-refractivity contribution in [3.8, 4) is 0 Å². The second-order valence-electron chi connectivity index (χ2n) is 8.23. The van der Waals surface area contributed by atoms with Crippen LogP contribution in [0.3, 0.4) is 0 Å². The summed E-state index contributed by atoms with van der Waals surface area (Å²) in [4.78, 5) is 0. The van der Waals surface area contributed by atoms with E-state index in [1.54, 1.807) is 0 Å². The molecular formula is C25H29NO. The first-order valence-corrected chi connectivity index (χ1v) is 9.86. The summed E-state index contributed by atoms with van der Waals surface area (Å²) in [5, 5.41) is 0. The van der Waals surface area contributed by atoms with Gasteiger partial charge in [-0.3, -0.25) is 0 Å².